The lowest BCUT2D eigenvalue weighted by Gasteiger charge is -2.10. The van der Waals surface area contributed by atoms with Gasteiger partial charge >= 0.3 is 0 Å². The van der Waals surface area contributed by atoms with E-state index in [0.29, 0.717) is 17.9 Å². The summed E-state index contributed by atoms with van der Waals surface area (Å²) in [6, 6.07) is 3.54. The fourth-order valence-electron chi connectivity index (χ4n) is 1.10. The molecule has 1 heterocycles. The molecule has 0 saturated carbocycles. The van der Waals surface area contributed by atoms with Crippen molar-refractivity contribution < 1.29 is 9.84 Å². The first-order valence-corrected chi connectivity index (χ1v) is 4.07. The van der Waals surface area contributed by atoms with E-state index in [1.807, 2.05) is 0 Å². The number of aliphatic hydroxyl groups is 1. The number of aromatic nitrogens is 1. The van der Waals surface area contributed by atoms with Crippen LogP contribution < -0.4 is 4.74 Å². The Hall–Kier alpha value is -1.35. The predicted octanol–water partition coefficient (Wildman–Crippen LogP) is 1.70. The van der Waals surface area contributed by atoms with Crippen molar-refractivity contribution in [3.63, 3.8) is 0 Å². The van der Waals surface area contributed by atoms with Gasteiger partial charge in [-0.15, -0.1) is 6.58 Å². The lowest BCUT2D eigenvalue weighted by molar-refractivity contribution is 0.172. The number of pyridine rings is 1. The lowest BCUT2D eigenvalue weighted by atomic mass is 10.1. The standard InChI is InChI=1S/C10H13NO2/c1-3-5-8(12)10-9(13-2)6-4-7-11-10/h3-4,6-8,12H,1,5H2,2H3. The van der Waals surface area contributed by atoms with Gasteiger partial charge in [-0.1, -0.05) is 6.08 Å². The van der Waals surface area contributed by atoms with E-state index in [2.05, 4.69) is 11.6 Å². The predicted molar refractivity (Wildman–Crippen MR) is 50.6 cm³/mol. The van der Waals surface area contributed by atoms with Gasteiger partial charge in [0.15, 0.2) is 0 Å². The minimum absolute atomic E-state index is 0.480. The molecular formula is C10H13NO2. The van der Waals surface area contributed by atoms with Crippen LogP contribution in [0.1, 0.15) is 18.2 Å². The number of ether oxygens (including phenoxy) is 1. The maximum Gasteiger partial charge on any atom is 0.143 e. The van der Waals surface area contributed by atoms with E-state index < -0.39 is 6.10 Å². The molecular weight excluding hydrogens is 166 g/mol. The molecule has 70 valence electrons. The lowest BCUT2D eigenvalue weighted by Crippen LogP contribution is -2.01. The molecule has 0 fully saturated rings. The normalized spacial score (nSPS) is 12.2. The van der Waals surface area contributed by atoms with Crippen LogP contribution in [0, 0.1) is 0 Å². The molecule has 0 aliphatic rings. The highest BCUT2D eigenvalue weighted by Gasteiger charge is 2.11. The first-order chi connectivity index (χ1) is 6.29. The highest BCUT2D eigenvalue weighted by molar-refractivity contribution is 5.28. The topological polar surface area (TPSA) is 42.4 Å². The van der Waals surface area contributed by atoms with Crippen molar-refractivity contribution in [2.24, 2.45) is 0 Å². The van der Waals surface area contributed by atoms with Crippen LogP contribution >= 0.6 is 0 Å². The van der Waals surface area contributed by atoms with Crippen LogP contribution in [0.5, 0.6) is 5.75 Å². The van der Waals surface area contributed by atoms with Crippen molar-refractivity contribution in [3.8, 4) is 5.75 Å². The van der Waals surface area contributed by atoms with E-state index in [9.17, 15) is 5.11 Å². The van der Waals surface area contributed by atoms with Gasteiger partial charge in [0.2, 0.25) is 0 Å². The van der Waals surface area contributed by atoms with Gasteiger partial charge in [0.05, 0.1) is 7.11 Å². The summed E-state index contributed by atoms with van der Waals surface area (Å²) >= 11 is 0. The third-order valence-electron chi connectivity index (χ3n) is 1.73. The Kier molecular flexibility index (Phi) is 3.46. The van der Waals surface area contributed by atoms with E-state index in [-0.39, 0.29) is 0 Å². The Balaban J connectivity index is 2.91. The third kappa shape index (κ3) is 2.29. The van der Waals surface area contributed by atoms with Crippen LogP contribution in [0.2, 0.25) is 0 Å². The number of methoxy groups -OCH3 is 1. The second-order valence-electron chi connectivity index (χ2n) is 2.63. The molecule has 0 bridgehead atoms. The van der Waals surface area contributed by atoms with Gasteiger partial charge in [-0.3, -0.25) is 4.98 Å². The van der Waals surface area contributed by atoms with Crippen molar-refractivity contribution >= 4 is 0 Å². The second-order valence-corrected chi connectivity index (χ2v) is 2.63. The molecule has 0 radical (unpaired) electrons. The largest absolute Gasteiger partial charge is 0.495 e. The van der Waals surface area contributed by atoms with E-state index in [1.165, 1.54) is 0 Å². The summed E-state index contributed by atoms with van der Waals surface area (Å²) < 4.78 is 5.06. The molecule has 3 nitrogen and oxygen atoms in total. The first kappa shape index (κ1) is 9.74. The zero-order valence-corrected chi connectivity index (χ0v) is 7.60. The summed E-state index contributed by atoms with van der Waals surface area (Å²) in [7, 11) is 1.56. The maximum atomic E-state index is 9.62. The highest BCUT2D eigenvalue weighted by atomic mass is 16.5. The summed E-state index contributed by atoms with van der Waals surface area (Å²) in [6.45, 7) is 3.55. The molecule has 1 N–H and O–H groups in total. The molecule has 1 unspecified atom stereocenters. The average Bonchev–Trinajstić information content (AvgIpc) is 2.18. The quantitative estimate of drug-likeness (QED) is 0.715. The van der Waals surface area contributed by atoms with E-state index >= 15 is 0 Å². The summed E-state index contributed by atoms with van der Waals surface area (Å²) in [5.41, 5.74) is 0.560. The van der Waals surface area contributed by atoms with Crippen molar-refractivity contribution in [3.05, 3.63) is 36.7 Å². The zero-order chi connectivity index (χ0) is 9.68. The summed E-state index contributed by atoms with van der Waals surface area (Å²) in [6.07, 6.45) is 3.13. The van der Waals surface area contributed by atoms with Crippen LogP contribution in [0.3, 0.4) is 0 Å². The van der Waals surface area contributed by atoms with Crippen LogP contribution in [-0.2, 0) is 0 Å². The number of hydrogen-bond donors (Lipinski definition) is 1. The molecule has 1 atom stereocenters. The van der Waals surface area contributed by atoms with Crippen molar-refractivity contribution in [1.29, 1.82) is 0 Å². The van der Waals surface area contributed by atoms with Crippen molar-refractivity contribution in [2.75, 3.05) is 7.11 Å². The van der Waals surface area contributed by atoms with Gasteiger partial charge < -0.3 is 9.84 Å². The van der Waals surface area contributed by atoms with Gasteiger partial charge in [-0.25, -0.2) is 0 Å². The number of rotatable bonds is 4. The van der Waals surface area contributed by atoms with Crippen LogP contribution in [-0.4, -0.2) is 17.2 Å². The minimum atomic E-state index is -0.631. The molecule has 0 aromatic carbocycles. The zero-order valence-electron chi connectivity index (χ0n) is 7.60. The molecule has 0 aliphatic heterocycles. The average molecular weight is 179 g/mol. The Morgan fingerprint density at radius 3 is 3.15 bits per heavy atom. The summed E-state index contributed by atoms with van der Waals surface area (Å²) in [4.78, 5) is 4.05. The molecule has 0 aliphatic carbocycles. The minimum Gasteiger partial charge on any atom is -0.495 e. The van der Waals surface area contributed by atoms with Crippen LogP contribution in [0.25, 0.3) is 0 Å². The molecule has 0 spiro atoms. The molecule has 0 amide bonds. The molecule has 1 rings (SSSR count). The van der Waals surface area contributed by atoms with Gasteiger partial charge in [0.1, 0.15) is 17.5 Å². The molecule has 1 aromatic heterocycles. The van der Waals surface area contributed by atoms with Crippen molar-refractivity contribution in [2.45, 2.75) is 12.5 Å². The summed E-state index contributed by atoms with van der Waals surface area (Å²) in [5, 5.41) is 9.62. The Labute approximate surface area is 77.7 Å². The Morgan fingerprint density at radius 1 is 1.77 bits per heavy atom. The Bertz CT molecular complexity index is 286. The smallest absolute Gasteiger partial charge is 0.143 e. The number of hydrogen-bond acceptors (Lipinski definition) is 3. The number of aliphatic hydroxyl groups excluding tert-OH is 1. The summed E-state index contributed by atoms with van der Waals surface area (Å²) in [5.74, 6) is 0.608. The third-order valence-corrected chi connectivity index (χ3v) is 1.73. The molecule has 3 heteroatoms. The molecule has 0 saturated heterocycles. The fourth-order valence-corrected chi connectivity index (χ4v) is 1.10. The van der Waals surface area contributed by atoms with E-state index in [0.717, 1.165) is 0 Å². The second kappa shape index (κ2) is 4.62. The van der Waals surface area contributed by atoms with E-state index in [1.54, 1.807) is 31.5 Å². The first-order valence-electron chi connectivity index (χ1n) is 4.07. The maximum absolute atomic E-state index is 9.62. The fraction of sp³-hybridized carbons (Fsp3) is 0.300. The van der Waals surface area contributed by atoms with Gasteiger partial charge in [0, 0.05) is 6.20 Å². The number of nitrogens with zero attached hydrogens (tertiary/aromatic N) is 1. The van der Waals surface area contributed by atoms with Gasteiger partial charge in [-0.05, 0) is 18.6 Å². The van der Waals surface area contributed by atoms with E-state index in [4.69, 9.17) is 4.74 Å². The molecule has 13 heavy (non-hydrogen) atoms. The van der Waals surface area contributed by atoms with Gasteiger partial charge in [-0.2, -0.15) is 0 Å². The van der Waals surface area contributed by atoms with Crippen LogP contribution in [0.4, 0.5) is 0 Å². The highest BCUT2D eigenvalue weighted by Crippen LogP contribution is 2.24. The molecule has 1 aromatic rings. The van der Waals surface area contributed by atoms with Gasteiger partial charge in [0.25, 0.3) is 0 Å². The Morgan fingerprint density at radius 2 is 2.54 bits per heavy atom. The monoisotopic (exact) mass is 179 g/mol. The van der Waals surface area contributed by atoms with Crippen molar-refractivity contribution in [1.82, 2.24) is 4.98 Å². The van der Waals surface area contributed by atoms with Crippen LogP contribution in [0.15, 0.2) is 31.0 Å². The SMILES string of the molecule is C=CCC(O)c1ncccc1OC.